The molecule has 0 radical (unpaired) electrons. The van der Waals surface area contributed by atoms with Crippen LogP contribution >= 0.6 is 0 Å². The molecule has 1 heterocycles. The first-order valence-electron chi connectivity index (χ1n) is 5.17. The Labute approximate surface area is 80.5 Å². The first kappa shape index (κ1) is 10.7. The molecule has 0 unspecified atom stereocenters. The van der Waals surface area contributed by atoms with Gasteiger partial charge in [-0.05, 0) is 39.9 Å². The number of nitrogens with one attached hydrogen (secondary N) is 1. The van der Waals surface area contributed by atoms with E-state index in [0.717, 1.165) is 38.9 Å². The minimum absolute atomic E-state index is 0.158. The van der Waals surface area contributed by atoms with Crippen molar-refractivity contribution in [1.82, 2.24) is 10.2 Å². The van der Waals surface area contributed by atoms with Crippen LogP contribution in [-0.2, 0) is 4.79 Å². The Morgan fingerprint density at radius 2 is 2.38 bits per heavy atom. The maximum absolute atomic E-state index is 11.4. The number of nitrogens with zero attached hydrogens (tertiary/aromatic N) is 1. The fourth-order valence-corrected chi connectivity index (χ4v) is 1.83. The largest absolute Gasteiger partial charge is 0.320 e. The molecule has 1 rings (SSSR count). The van der Waals surface area contributed by atoms with E-state index in [4.69, 9.17) is 0 Å². The van der Waals surface area contributed by atoms with E-state index in [1.165, 1.54) is 0 Å². The van der Waals surface area contributed by atoms with Crippen LogP contribution in [0, 0.1) is 0 Å². The van der Waals surface area contributed by atoms with Gasteiger partial charge in [-0.3, -0.25) is 9.69 Å². The third-order valence-electron chi connectivity index (χ3n) is 2.75. The van der Waals surface area contributed by atoms with Crippen molar-refractivity contribution in [3.8, 4) is 0 Å². The second-order valence-electron chi connectivity index (χ2n) is 3.74. The summed E-state index contributed by atoms with van der Waals surface area (Å²) in [5, 5.41) is 3.12. The van der Waals surface area contributed by atoms with Gasteiger partial charge in [-0.25, -0.2) is 0 Å². The molecule has 76 valence electrons. The summed E-state index contributed by atoms with van der Waals surface area (Å²) in [5.41, 5.74) is 0. The van der Waals surface area contributed by atoms with Gasteiger partial charge < -0.3 is 5.32 Å². The average molecular weight is 184 g/mol. The van der Waals surface area contributed by atoms with Crippen LogP contribution in [0.1, 0.15) is 26.2 Å². The van der Waals surface area contributed by atoms with E-state index in [1.807, 2.05) is 14.0 Å². The van der Waals surface area contributed by atoms with Crippen LogP contribution in [0.25, 0.3) is 0 Å². The molecule has 0 bridgehead atoms. The van der Waals surface area contributed by atoms with Crippen molar-refractivity contribution in [3.05, 3.63) is 0 Å². The molecule has 1 aliphatic heterocycles. The maximum Gasteiger partial charge on any atom is 0.149 e. The standard InChI is InChI=1S/C10H20N2O/c1-9-10(13)5-3-7-12(9)8-4-6-11-2/h9,11H,3-8H2,1-2H3/t9-/m0/s1. The molecule has 1 N–H and O–H groups in total. The molecule has 3 nitrogen and oxygen atoms in total. The smallest absolute Gasteiger partial charge is 0.149 e. The lowest BCUT2D eigenvalue weighted by Crippen LogP contribution is -2.44. The highest BCUT2D eigenvalue weighted by atomic mass is 16.1. The van der Waals surface area contributed by atoms with Crippen LogP contribution < -0.4 is 5.32 Å². The zero-order valence-electron chi connectivity index (χ0n) is 8.68. The summed E-state index contributed by atoms with van der Waals surface area (Å²) in [5.74, 6) is 0.413. The van der Waals surface area contributed by atoms with Gasteiger partial charge in [0.25, 0.3) is 0 Å². The van der Waals surface area contributed by atoms with Gasteiger partial charge in [-0.15, -0.1) is 0 Å². The highest BCUT2D eigenvalue weighted by Crippen LogP contribution is 2.12. The van der Waals surface area contributed by atoms with Gasteiger partial charge in [0.05, 0.1) is 6.04 Å². The predicted molar refractivity (Wildman–Crippen MR) is 53.8 cm³/mol. The molecule has 3 heteroatoms. The van der Waals surface area contributed by atoms with Crippen molar-refractivity contribution in [2.45, 2.75) is 32.2 Å². The lowest BCUT2D eigenvalue weighted by Gasteiger charge is -2.32. The second kappa shape index (κ2) is 5.35. The lowest BCUT2D eigenvalue weighted by atomic mass is 10.0. The van der Waals surface area contributed by atoms with Crippen molar-refractivity contribution < 1.29 is 4.79 Å². The second-order valence-corrected chi connectivity index (χ2v) is 3.74. The molecule has 0 aromatic heterocycles. The van der Waals surface area contributed by atoms with Crippen LogP contribution in [0.4, 0.5) is 0 Å². The van der Waals surface area contributed by atoms with E-state index in [9.17, 15) is 4.79 Å². The molecule has 1 saturated heterocycles. The van der Waals surface area contributed by atoms with E-state index in [0.29, 0.717) is 5.78 Å². The van der Waals surface area contributed by atoms with E-state index >= 15 is 0 Å². The molecule has 0 aliphatic carbocycles. The molecule has 1 aliphatic rings. The molecule has 1 fully saturated rings. The molecule has 0 saturated carbocycles. The Morgan fingerprint density at radius 1 is 1.62 bits per heavy atom. The maximum atomic E-state index is 11.4. The van der Waals surface area contributed by atoms with E-state index < -0.39 is 0 Å². The van der Waals surface area contributed by atoms with Gasteiger partial charge in [-0.1, -0.05) is 0 Å². The fraction of sp³-hybridized carbons (Fsp3) is 0.900. The lowest BCUT2D eigenvalue weighted by molar-refractivity contribution is -0.126. The Bertz CT molecular complexity index is 170. The molecule has 0 aromatic rings. The van der Waals surface area contributed by atoms with Crippen molar-refractivity contribution in [2.24, 2.45) is 0 Å². The zero-order chi connectivity index (χ0) is 9.68. The molecule has 0 spiro atoms. The predicted octanol–water partition coefficient (Wildman–Crippen LogP) is 0.649. The van der Waals surface area contributed by atoms with Crippen molar-refractivity contribution >= 4 is 5.78 Å². The topological polar surface area (TPSA) is 32.3 Å². The summed E-state index contributed by atoms with van der Waals surface area (Å²) < 4.78 is 0. The summed E-state index contributed by atoms with van der Waals surface area (Å²) in [6, 6.07) is 0.158. The van der Waals surface area contributed by atoms with E-state index in [1.54, 1.807) is 0 Å². The Kier molecular flexibility index (Phi) is 4.39. The highest BCUT2D eigenvalue weighted by molar-refractivity contribution is 5.84. The molecular formula is C10H20N2O. The zero-order valence-corrected chi connectivity index (χ0v) is 8.68. The summed E-state index contributed by atoms with van der Waals surface area (Å²) in [4.78, 5) is 13.7. The highest BCUT2D eigenvalue weighted by Gasteiger charge is 2.24. The normalized spacial score (nSPS) is 25.1. The van der Waals surface area contributed by atoms with E-state index in [2.05, 4.69) is 10.2 Å². The summed E-state index contributed by atoms with van der Waals surface area (Å²) >= 11 is 0. The van der Waals surface area contributed by atoms with Gasteiger partial charge in [-0.2, -0.15) is 0 Å². The number of hydrogen-bond acceptors (Lipinski definition) is 3. The van der Waals surface area contributed by atoms with Gasteiger partial charge >= 0.3 is 0 Å². The van der Waals surface area contributed by atoms with Crippen LogP contribution in [0.3, 0.4) is 0 Å². The third kappa shape index (κ3) is 3.08. The number of ketones is 1. The quantitative estimate of drug-likeness (QED) is 0.651. The Morgan fingerprint density at radius 3 is 3.08 bits per heavy atom. The number of rotatable bonds is 4. The Balaban J connectivity index is 2.27. The van der Waals surface area contributed by atoms with Crippen molar-refractivity contribution in [2.75, 3.05) is 26.7 Å². The van der Waals surface area contributed by atoms with Crippen LogP contribution in [0.5, 0.6) is 0 Å². The number of hydrogen-bond donors (Lipinski definition) is 1. The first-order valence-corrected chi connectivity index (χ1v) is 5.17. The van der Waals surface area contributed by atoms with Crippen molar-refractivity contribution in [1.29, 1.82) is 0 Å². The number of carbonyl (C=O) groups is 1. The van der Waals surface area contributed by atoms with E-state index in [-0.39, 0.29) is 6.04 Å². The van der Waals surface area contributed by atoms with Gasteiger partial charge in [0.1, 0.15) is 5.78 Å². The van der Waals surface area contributed by atoms with Crippen molar-refractivity contribution in [3.63, 3.8) is 0 Å². The minimum atomic E-state index is 0.158. The first-order chi connectivity index (χ1) is 6.25. The average Bonchev–Trinajstić information content (AvgIpc) is 2.13. The summed E-state index contributed by atoms with van der Waals surface area (Å²) in [6.45, 7) is 5.21. The Hall–Kier alpha value is -0.410. The monoisotopic (exact) mass is 184 g/mol. The van der Waals surface area contributed by atoms with Gasteiger partial charge in [0.2, 0.25) is 0 Å². The van der Waals surface area contributed by atoms with Crippen LogP contribution in [0.2, 0.25) is 0 Å². The fourth-order valence-electron chi connectivity index (χ4n) is 1.83. The third-order valence-corrected chi connectivity index (χ3v) is 2.75. The van der Waals surface area contributed by atoms with Crippen LogP contribution in [-0.4, -0.2) is 43.4 Å². The number of carbonyl (C=O) groups excluding carboxylic acids is 1. The molecule has 0 aromatic carbocycles. The molecule has 0 amide bonds. The number of piperidine rings is 1. The number of Topliss-reactive ketones (excluding diaryl/α,β-unsaturated/α-hetero) is 1. The minimum Gasteiger partial charge on any atom is -0.320 e. The molecule has 13 heavy (non-hydrogen) atoms. The summed E-state index contributed by atoms with van der Waals surface area (Å²) in [7, 11) is 1.96. The molecule has 1 atom stereocenters. The molecular weight excluding hydrogens is 164 g/mol. The SMILES string of the molecule is CNCCCN1CCCC(=O)[C@@H]1C. The number of likely N-dealkylation sites (tertiary alicyclic amines) is 1. The summed E-state index contributed by atoms with van der Waals surface area (Å²) in [6.07, 6.45) is 2.96. The van der Waals surface area contributed by atoms with Gasteiger partial charge in [0, 0.05) is 13.0 Å². The van der Waals surface area contributed by atoms with Crippen LogP contribution in [0.15, 0.2) is 0 Å². The van der Waals surface area contributed by atoms with Gasteiger partial charge in [0.15, 0.2) is 0 Å².